The van der Waals surface area contributed by atoms with Crippen molar-refractivity contribution in [3.8, 4) is 11.5 Å². The zero-order chi connectivity index (χ0) is 20.0. The van der Waals surface area contributed by atoms with E-state index in [4.69, 9.17) is 9.47 Å². The second kappa shape index (κ2) is 8.72. The van der Waals surface area contributed by atoms with E-state index in [1.54, 1.807) is 24.3 Å². The maximum absolute atomic E-state index is 13.2. The molecule has 7 nitrogen and oxygen atoms in total. The summed E-state index contributed by atoms with van der Waals surface area (Å²) in [7, 11) is -0.775. The van der Waals surface area contributed by atoms with Crippen LogP contribution in [0.4, 0.5) is 15.8 Å². The summed E-state index contributed by atoms with van der Waals surface area (Å²) in [5.41, 5.74) is 0.590. The Bertz CT molecular complexity index is 918. The van der Waals surface area contributed by atoms with Crippen LogP contribution in [0.3, 0.4) is 0 Å². The molecule has 146 valence electrons. The largest absolute Gasteiger partial charge is 0.497 e. The fourth-order valence-corrected chi connectivity index (χ4v) is 3.38. The maximum atomic E-state index is 13.2. The van der Waals surface area contributed by atoms with Crippen LogP contribution in [0.25, 0.3) is 0 Å². The number of carbonyl (C=O) groups is 1. The van der Waals surface area contributed by atoms with Crippen molar-refractivity contribution in [2.45, 2.75) is 6.42 Å². The Morgan fingerprint density at radius 2 is 1.89 bits per heavy atom. The van der Waals surface area contributed by atoms with Crippen molar-refractivity contribution in [1.29, 1.82) is 0 Å². The van der Waals surface area contributed by atoms with Gasteiger partial charge in [0.2, 0.25) is 15.9 Å². The van der Waals surface area contributed by atoms with E-state index in [1.165, 1.54) is 32.4 Å². The van der Waals surface area contributed by atoms with Crippen LogP contribution in [0.2, 0.25) is 0 Å². The molecule has 2 aromatic carbocycles. The number of rotatable bonds is 8. The summed E-state index contributed by atoms with van der Waals surface area (Å²) in [6.45, 7) is -0.108. The standard InChI is InChI=1S/C18H21FN2O5S/c1-25-15-7-8-16(17(12-15)26-2)21(27(3,23)24)10-9-18(22)20-14-6-4-5-13(19)11-14/h4-8,11-12H,9-10H2,1-3H3,(H,20,22). The van der Waals surface area contributed by atoms with Crippen molar-refractivity contribution < 1.29 is 27.1 Å². The van der Waals surface area contributed by atoms with Crippen molar-refractivity contribution in [2.75, 3.05) is 36.6 Å². The van der Waals surface area contributed by atoms with Gasteiger partial charge in [0.15, 0.2) is 0 Å². The van der Waals surface area contributed by atoms with E-state index in [0.29, 0.717) is 22.9 Å². The first-order chi connectivity index (χ1) is 12.7. The van der Waals surface area contributed by atoms with Gasteiger partial charge in [-0.2, -0.15) is 0 Å². The minimum Gasteiger partial charge on any atom is -0.497 e. The van der Waals surface area contributed by atoms with Gasteiger partial charge in [-0.3, -0.25) is 9.10 Å². The number of ether oxygens (including phenoxy) is 2. The number of methoxy groups -OCH3 is 2. The van der Waals surface area contributed by atoms with Gasteiger partial charge >= 0.3 is 0 Å². The molecular formula is C18H21FN2O5S. The highest BCUT2D eigenvalue weighted by Gasteiger charge is 2.22. The molecular weight excluding hydrogens is 375 g/mol. The lowest BCUT2D eigenvalue weighted by molar-refractivity contribution is -0.116. The number of nitrogens with zero attached hydrogens (tertiary/aromatic N) is 1. The summed E-state index contributed by atoms with van der Waals surface area (Å²) in [4.78, 5) is 12.1. The lowest BCUT2D eigenvalue weighted by atomic mass is 10.2. The second-order valence-corrected chi connectivity index (χ2v) is 7.59. The van der Waals surface area contributed by atoms with Gasteiger partial charge in [0, 0.05) is 24.7 Å². The van der Waals surface area contributed by atoms with Gasteiger partial charge in [-0.1, -0.05) is 6.07 Å². The Kier molecular flexibility index (Phi) is 6.62. The quantitative estimate of drug-likeness (QED) is 0.742. The van der Waals surface area contributed by atoms with Gasteiger partial charge in [0.05, 0.1) is 26.2 Å². The summed E-state index contributed by atoms with van der Waals surface area (Å²) >= 11 is 0. The molecule has 0 aliphatic heterocycles. The lowest BCUT2D eigenvalue weighted by Crippen LogP contribution is -2.33. The molecule has 0 atom stereocenters. The van der Waals surface area contributed by atoms with E-state index < -0.39 is 21.7 Å². The molecule has 0 fully saturated rings. The number of anilines is 2. The Balaban J connectivity index is 2.17. The molecule has 9 heteroatoms. The van der Waals surface area contributed by atoms with Crippen LogP contribution in [0.1, 0.15) is 6.42 Å². The fourth-order valence-electron chi connectivity index (χ4n) is 2.45. The van der Waals surface area contributed by atoms with Crippen molar-refractivity contribution in [3.63, 3.8) is 0 Å². The third kappa shape index (κ3) is 5.58. The predicted molar refractivity (Wildman–Crippen MR) is 101 cm³/mol. The molecule has 1 amide bonds. The van der Waals surface area contributed by atoms with E-state index in [2.05, 4.69) is 5.32 Å². The second-order valence-electron chi connectivity index (χ2n) is 5.68. The van der Waals surface area contributed by atoms with Crippen LogP contribution >= 0.6 is 0 Å². The molecule has 0 saturated heterocycles. The fraction of sp³-hybridized carbons (Fsp3) is 0.278. The van der Waals surface area contributed by atoms with Gasteiger partial charge < -0.3 is 14.8 Å². The highest BCUT2D eigenvalue weighted by atomic mass is 32.2. The number of benzene rings is 2. The summed E-state index contributed by atoms with van der Waals surface area (Å²) in [5, 5.41) is 2.54. The first-order valence-corrected chi connectivity index (χ1v) is 9.84. The van der Waals surface area contributed by atoms with Crippen LogP contribution in [-0.2, 0) is 14.8 Å². The Morgan fingerprint density at radius 1 is 1.15 bits per heavy atom. The summed E-state index contributed by atoms with van der Waals surface area (Å²) in [6, 6.07) is 10.2. The van der Waals surface area contributed by atoms with E-state index in [0.717, 1.165) is 10.6 Å². The number of amides is 1. The van der Waals surface area contributed by atoms with Crippen molar-refractivity contribution in [3.05, 3.63) is 48.3 Å². The molecule has 2 rings (SSSR count). The third-order valence-electron chi connectivity index (χ3n) is 3.71. The predicted octanol–water partition coefficient (Wildman–Crippen LogP) is 2.64. The summed E-state index contributed by atoms with van der Waals surface area (Å²) in [5.74, 6) is -0.117. The zero-order valence-electron chi connectivity index (χ0n) is 15.2. The van der Waals surface area contributed by atoms with Crippen LogP contribution in [0.15, 0.2) is 42.5 Å². The molecule has 0 heterocycles. The monoisotopic (exact) mass is 396 g/mol. The smallest absolute Gasteiger partial charge is 0.232 e. The Labute approximate surface area is 157 Å². The van der Waals surface area contributed by atoms with Crippen molar-refractivity contribution in [1.82, 2.24) is 0 Å². The third-order valence-corrected chi connectivity index (χ3v) is 4.89. The van der Waals surface area contributed by atoms with Crippen LogP contribution in [0, 0.1) is 5.82 Å². The summed E-state index contributed by atoms with van der Waals surface area (Å²) in [6.07, 6.45) is 0.917. The minimum absolute atomic E-state index is 0.108. The number of hydrogen-bond acceptors (Lipinski definition) is 5. The number of nitrogens with one attached hydrogen (secondary N) is 1. The number of carbonyl (C=O) groups excluding carboxylic acids is 1. The summed E-state index contributed by atoms with van der Waals surface area (Å²) < 4.78 is 49.1. The molecule has 2 aromatic rings. The Morgan fingerprint density at radius 3 is 2.48 bits per heavy atom. The van der Waals surface area contributed by atoms with Gasteiger partial charge in [-0.25, -0.2) is 12.8 Å². The molecule has 0 saturated carbocycles. The van der Waals surface area contributed by atoms with E-state index in [1.807, 2.05) is 0 Å². The lowest BCUT2D eigenvalue weighted by Gasteiger charge is -2.24. The molecule has 1 N–H and O–H groups in total. The molecule has 0 aliphatic carbocycles. The van der Waals surface area contributed by atoms with E-state index >= 15 is 0 Å². The van der Waals surface area contributed by atoms with Gasteiger partial charge in [-0.05, 0) is 30.3 Å². The van der Waals surface area contributed by atoms with Crippen LogP contribution < -0.4 is 19.1 Å². The molecule has 0 unspecified atom stereocenters. The van der Waals surface area contributed by atoms with E-state index in [-0.39, 0.29) is 13.0 Å². The Hall–Kier alpha value is -2.81. The molecule has 0 spiro atoms. The molecule has 27 heavy (non-hydrogen) atoms. The molecule has 0 aromatic heterocycles. The number of hydrogen-bond donors (Lipinski definition) is 1. The van der Waals surface area contributed by atoms with Crippen LogP contribution in [0.5, 0.6) is 11.5 Å². The minimum atomic E-state index is -3.67. The average Bonchev–Trinajstić information content (AvgIpc) is 2.60. The molecule has 0 radical (unpaired) electrons. The molecule has 0 aliphatic rings. The van der Waals surface area contributed by atoms with Crippen molar-refractivity contribution >= 4 is 27.3 Å². The highest BCUT2D eigenvalue weighted by molar-refractivity contribution is 7.92. The van der Waals surface area contributed by atoms with Crippen molar-refractivity contribution in [2.24, 2.45) is 0 Å². The maximum Gasteiger partial charge on any atom is 0.232 e. The highest BCUT2D eigenvalue weighted by Crippen LogP contribution is 2.33. The number of sulfonamides is 1. The van der Waals surface area contributed by atoms with Gasteiger partial charge in [-0.15, -0.1) is 0 Å². The SMILES string of the molecule is COc1ccc(N(CCC(=O)Nc2cccc(F)c2)S(C)(=O)=O)c(OC)c1. The number of halogens is 1. The first kappa shape index (κ1) is 20.5. The van der Waals surface area contributed by atoms with Gasteiger partial charge in [0.25, 0.3) is 0 Å². The topological polar surface area (TPSA) is 84.9 Å². The van der Waals surface area contributed by atoms with E-state index in [9.17, 15) is 17.6 Å². The zero-order valence-corrected chi connectivity index (χ0v) is 16.0. The average molecular weight is 396 g/mol. The first-order valence-electron chi connectivity index (χ1n) is 7.99. The van der Waals surface area contributed by atoms with Crippen LogP contribution in [-0.4, -0.2) is 41.3 Å². The van der Waals surface area contributed by atoms with Gasteiger partial charge in [0.1, 0.15) is 17.3 Å². The molecule has 0 bridgehead atoms. The normalized spacial score (nSPS) is 11.0.